The number of hydrogen-bond acceptors (Lipinski definition) is 5. The van der Waals surface area contributed by atoms with Gasteiger partial charge in [0.25, 0.3) is 5.91 Å². The molecule has 1 unspecified atom stereocenters. The summed E-state index contributed by atoms with van der Waals surface area (Å²) in [5.74, 6) is 0.200. The van der Waals surface area contributed by atoms with Crippen molar-refractivity contribution < 1.29 is 14.3 Å². The van der Waals surface area contributed by atoms with Crippen molar-refractivity contribution in [2.24, 2.45) is 5.73 Å². The number of carbonyl (C=O) groups excluding carboxylic acids is 1. The molecule has 0 radical (unpaired) electrons. The molecule has 6 nitrogen and oxygen atoms in total. The van der Waals surface area contributed by atoms with Crippen LogP contribution in [-0.4, -0.2) is 22.5 Å². The first-order valence-corrected chi connectivity index (χ1v) is 10.5. The smallest absolute Gasteiger partial charge is 0.273 e. The predicted octanol–water partition coefficient (Wildman–Crippen LogP) is 4.18. The number of nitrogens with zero attached hydrogens (tertiary/aromatic N) is 1. The van der Waals surface area contributed by atoms with Crippen LogP contribution in [0.15, 0.2) is 95.6 Å². The van der Waals surface area contributed by atoms with Gasteiger partial charge in [0.1, 0.15) is 12.0 Å². The van der Waals surface area contributed by atoms with E-state index in [4.69, 9.17) is 10.2 Å². The van der Waals surface area contributed by atoms with E-state index in [1.165, 1.54) is 6.26 Å². The van der Waals surface area contributed by atoms with Crippen molar-refractivity contribution in [2.75, 3.05) is 6.54 Å². The second kappa shape index (κ2) is 9.94. The van der Waals surface area contributed by atoms with E-state index in [-0.39, 0.29) is 23.3 Å². The summed E-state index contributed by atoms with van der Waals surface area (Å²) in [6, 6.07) is 26.4. The molecule has 32 heavy (non-hydrogen) atoms. The van der Waals surface area contributed by atoms with E-state index in [0.29, 0.717) is 18.9 Å². The summed E-state index contributed by atoms with van der Waals surface area (Å²) in [4.78, 5) is 17.0. The van der Waals surface area contributed by atoms with E-state index in [2.05, 4.69) is 34.6 Å². The van der Waals surface area contributed by atoms with Crippen molar-refractivity contribution in [2.45, 2.75) is 18.4 Å². The summed E-state index contributed by atoms with van der Waals surface area (Å²) < 4.78 is 5.47. The molecule has 0 aliphatic heterocycles. The molecule has 4 aromatic rings. The molecule has 3 aromatic carbocycles. The standard InChI is InChI=1S/C26H25N3O3/c27-23(15-18-11-13-21(30)14-12-18)26-29-24(17-32-26)25(31)28-16-22(19-7-3-1-4-8-19)20-9-5-2-6-10-20/h1-14,17,22-23,30H,15-16,27H2,(H,28,31). The molecule has 0 fully saturated rings. The van der Waals surface area contributed by atoms with Crippen LogP contribution >= 0.6 is 0 Å². The number of benzene rings is 3. The Morgan fingerprint density at radius 1 is 0.938 bits per heavy atom. The highest BCUT2D eigenvalue weighted by atomic mass is 16.3. The number of nitrogens with one attached hydrogen (secondary N) is 1. The lowest BCUT2D eigenvalue weighted by Gasteiger charge is -2.18. The molecule has 6 heteroatoms. The molecule has 4 N–H and O–H groups in total. The van der Waals surface area contributed by atoms with E-state index >= 15 is 0 Å². The first-order chi connectivity index (χ1) is 15.6. The number of aromatic hydroxyl groups is 1. The maximum atomic E-state index is 12.7. The molecule has 162 valence electrons. The Hall–Kier alpha value is -3.90. The van der Waals surface area contributed by atoms with Crippen LogP contribution in [0.25, 0.3) is 0 Å². The van der Waals surface area contributed by atoms with Crippen LogP contribution in [0.3, 0.4) is 0 Å². The summed E-state index contributed by atoms with van der Waals surface area (Å²) in [5.41, 5.74) is 9.58. The average Bonchev–Trinajstić information content (AvgIpc) is 3.33. The number of hydrogen-bond donors (Lipinski definition) is 3. The van der Waals surface area contributed by atoms with Gasteiger partial charge in [0.15, 0.2) is 5.69 Å². The van der Waals surface area contributed by atoms with E-state index in [1.807, 2.05) is 36.4 Å². The van der Waals surface area contributed by atoms with Crippen molar-refractivity contribution >= 4 is 5.91 Å². The number of rotatable bonds is 8. The van der Waals surface area contributed by atoms with Gasteiger partial charge in [0.05, 0.1) is 6.04 Å². The fourth-order valence-corrected chi connectivity index (χ4v) is 3.62. The normalized spacial score (nSPS) is 11.9. The predicted molar refractivity (Wildman–Crippen MR) is 122 cm³/mol. The van der Waals surface area contributed by atoms with E-state index in [0.717, 1.165) is 16.7 Å². The average molecular weight is 428 g/mol. The maximum Gasteiger partial charge on any atom is 0.273 e. The highest BCUT2D eigenvalue weighted by Crippen LogP contribution is 2.24. The lowest BCUT2D eigenvalue weighted by molar-refractivity contribution is 0.0947. The number of oxazole rings is 1. The Balaban J connectivity index is 1.42. The Bertz CT molecular complexity index is 1100. The van der Waals surface area contributed by atoms with Gasteiger partial charge in [-0.1, -0.05) is 72.8 Å². The Morgan fingerprint density at radius 3 is 2.12 bits per heavy atom. The first kappa shape index (κ1) is 21.3. The monoisotopic (exact) mass is 427 g/mol. The van der Waals surface area contributed by atoms with Gasteiger partial charge in [-0.2, -0.15) is 0 Å². The molecule has 0 saturated heterocycles. The van der Waals surface area contributed by atoms with Crippen molar-refractivity contribution in [1.82, 2.24) is 10.3 Å². The minimum atomic E-state index is -0.498. The number of nitrogens with two attached hydrogens (primary N) is 1. The first-order valence-electron chi connectivity index (χ1n) is 10.5. The largest absolute Gasteiger partial charge is 0.508 e. The lowest BCUT2D eigenvalue weighted by Crippen LogP contribution is -2.29. The Morgan fingerprint density at radius 2 is 1.53 bits per heavy atom. The van der Waals surface area contributed by atoms with E-state index in [9.17, 15) is 9.90 Å². The summed E-state index contributed by atoms with van der Waals surface area (Å²) in [6.07, 6.45) is 1.81. The van der Waals surface area contributed by atoms with Crippen LogP contribution in [0, 0.1) is 0 Å². The molecule has 0 aliphatic rings. The zero-order valence-corrected chi connectivity index (χ0v) is 17.5. The van der Waals surface area contributed by atoms with E-state index in [1.54, 1.807) is 24.3 Å². The van der Waals surface area contributed by atoms with Gasteiger partial charge >= 0.3 is 0 Å². The van der Waals surface area contributed by atoms with Crippen LogP contribution in [0.2, 0.25) is 0 Å². The molecule has 0 saturated carbocycles. The maximum absolute atomic E-state index is 12.7. The minimum Gasteiger partial charge on any atom is -0.508 e. The van der Waals surface area contributed by atoms with Gasteiger partial charge < -0.3 is 20.6 Å². The van der Waals surface area contributed by atoms with Gasteiger partial charge in [-0.25, -0.2) is 4.98 Å². The van der Waals surface area contributed by atoms with Gasteiger partial charge in [-0.05, 0) is 35.2 Å². The zero-order chi connectivity index (χ0) is 22.3. The molecule has 1 amide bonds. The lowest BCUT2D eigenvalue weighted by atomic mass is 9.91. The number of phenols is 1. The Labute approximate surface area is 186 Å². The summed E-state index contributed by atoms with van der Waals surface area (Å²) >= 11 is 0. The highest BCUT2D eigenvalue weighted by molar-refractivity contribution is 5.92. The SMILES string of the molecule is NC(Cc1ccc(O)cc1)c1nc(C(=O)NCC(c2ccccc2)c2ccccc2)co1. The van der Waals surface area contributed by atoms with Crippen molar-refractivity contribution in [3.63, 3.8) is 0 Å². The van der Waals surface area contributed by atoms with Gasteiger partial charge in [-0.15, -0.1) is 0 Å². The molecule has 0 bridgehead atoms. The van der Waals surface area contributed by atoms with Crippen molar-refractivity contribution in [3.8, 4) is 5.75 Å². The number of aromatic nitrogens is 1. The van der Waals surface area contributed by atoms with Crippen LogP contribution in [0.5, 0.6) is 5.75 Å². The number of carbonyl (C=O) groups is 1. The molecule has 0 aliphatic carbocycles. The Kier molecular flexibility index (Phi) is 6.63. The zero-order valence-electron chi connectivity index (χ0n) is 17.5. The van der Waals surface area contributed by atoms with Gasteiger partial charge in [0.2, 0.25) is 5.89 Å². The van der Waals surface area contributed by atoms with Gasteiger partial charge in [-0.3, -0.25) is 4.79 Å². The van der Waals surface area contributed by atoms with Crippen LogP contribution in [0.4, 0.5) is 0 Å². The summed E-state index contributed by atoms with van der Waals surface area (Å²) in [7, 11) is 0. The molecule has 0 spiro atoms. The molecule has 1 aromatic heterocycles. The third kappa shape index (κ3) is 5.22. The molecular formula is C26H25N3O3. The third-order valence-corrected chi connectivity index (χ3v) is 5.33. The van der Waals surface area contributed by atoms with Crippen molar-refractivity contribution in [3.05, 3.63) is 119 Å². The van der Waals surface area contributed by atoms with E-state index < -0.39 is 6.04 Å². The molecule has 4 rings (SSSR count). The quantitative estimate of drug-likeness (QED) is 0.391. The minimum absolute atomic E-state index is 0.0180. The summed E-state index contributed by atoms with van der Waals surface area (Å²) in [5, 5.41) is 12.4. The second-order valence-electron chi connectivity index (χ2n) is 7.63. The second-order valence-corrected chi connectivity index (χ2v) is 7.63. The topological polar surface area (TPSA) is 101 Å². The number of amides is 1. The molecule has 1 atom stereocenters. The van der Waals surface area contributed by atoms with Crippen LogP contribution in [-0.2, 0) is 6.42 Å². The fraction of sp³-hybridized carbons (Fsp3) is 0.154. The van der Waals surface area contributed by atoms with Gasteiger partial charge in [0, 0.05) is 12.5 Å². The highest BCUT2D eigenvalue weighted by Gasteiger charge is 2.20. The summed E-state index contributed by atoms with van der Waals surface area (Å²) in [6.45, 7) is 0.425. The number of phenolic OH excluding ortho intramolecular Hbond substituents is 1. The molecular weight excluding hydrogens is 402 g/mol. The van der Waals surface area contributed by atoms with Crippen LogP contribution < -0.4 is 11.1 Å². The fourth-order valence-electron chi connectivity index (χ4n) is 3.62. The molecule has 1 heterocycles. The van der Waals surface area contributed by atoms with Crippen LogP contribution in [0.1, 0.15) is 45.0 Å². The van der Waals surface area contributed by atoms with Crippen molar-refractivity contribution in [1.29, 1.82) is 0 Å². The third-order valence-electron chi connectivity index (χ3n) is 5.33.